The predicted molar refractivity (Wildman–Crippen MR) is 80.6 cm³/mol. The van der Waals surface area contributed by atoms with E-state index in [1.807, 2.05) is 18.3 Å². The van der Waals surface area contributed by atoms with E-state index in [9.17, 15) is 0 Å². The zero-order valence-corrected chi connectivity index (χ0v) is 12.5. The number of halogens is 2. The number of rotatable bonds is 5. The summed E-state index contributed by atoms with van der Waals surface area (Å²) in [6.45, 7) is 5.04. The zero-order chi connectivity index (χ0) is 13.8. The van der Waals surface area contributed by atoms with Gasteiger partial charge in [0.25, 0.3) is 0 Å². The first-order valence-electron chi connectivity index (χ1n) is 6.32. The zero-order valence-electron chi connectivity index (χ0n) is 11.0. The fourth-order valence-corrected chi connectivity index (χ4v) is 1.98. The molecule has 1 aromatic heterocycles. The first-order chi connectivity index (χ1) is 9.10. The van der Waals surface area contributed by atoms with Crippen molar-refractivity contribution in [1.82, 2.24) is 15.3 Å². The Kier molecular flexibility index (Phi) is 4.86. The molecule has 1 heterocycles. The molecule has 19 heavy (non-hydrogen) atoms. The minimum absolute atomic E-state index is 0.485. The summed E-state index contributed by atoms with van der Waals surface area (Å²) in [6.07, 6.45) is 2.91. The van der Waals surface area contributed by atoms with Gasteiger partial charge in [0.05, 0.1) is 28.5 Å². The highest BCUT2D eigenvalue weighted by Gasteiger charge is 2.06. The number of aromatic amines is 1. The summed E-state index contributed by atoms with van der Waals surface area (Å²) in [5.41, 5.74) is 1.93. The van der Waals surface area contributed by atoms with Crippen LogP contribution in [0.15, 0.2) is 24.4 Å². The summed E-state index contributed by atoms with van der Waals surface area (Å²) in [5, 5.41) is 4.50. The lowest BCUT2D eigenvalue weighted by atomic mass is 10.2. The molecule has 1 atom stereocenters. The van der Waals surface area contributed by atoms with Gasteiger partial charge < -0.3 is 10.3 Å². The minimum Gasteiger partial charge on any atom is -0.341 e. The van der Waals surface area contributed by atoms with Crippen molar-refractivity contribution in [3.8, 4) is 11.3 Å². The van der Waals surface area contributed by atoms with Crippen LogP contribution in [0.3, 0.4) is 0 Å². The molecule has 0 fully saturated rings. The molecular weight excluding hydrogens is 281 g/mol. The highest BCUT2D eigenvalue weighted by Crippen LogP contribution is 2.27. The molecular formula is C14H17Cl2N3. The highest BCUT2D eigenvalue weighted by molar-refractivity contribution is 6.42. The van der Waals surface area contributed by atoms with Crippen LogP contribution in [0, 0.1) is 0 Å². The molecule has 0 saturated heterocycles. The molecule has 0 aliphatic carbocycles. The maximum absolute atomic E-state index is 6.01. The molecule has 3 nitrogen and oxygen atoms in total. The molecule has 0 spiro atoms. The molecule has 1 unspecified atom stereocenters. The van der Waals surface area contributed by atoms with Crippen LogP contribution in [-0.2, 0) is 6.54 Å². The van der Waals surface area contributed by atoms with Crippen molar-refractivity contribution in [1.29, 1.82) is 0 Å². The van der Waals surface area contributed by atoms with E-state index >= 15 is 0 Å². The summed E-state index contributed by atoms with van der Waals surface area (Å²) in [4.78, 5) is 7.64. The Morgan fingerprint density at radius 1 is 1.32 bits per heavy atom. The third-order valence-electron chi connectivity index (χ3n) is 3.09. The van der Waals surface area contributed by atoms with Crippen molar-refractivity contribution < 1.29 is 0 Å². The van der Waals surface area contributed by atoms with Crippen molar-refractivity contribution in [2.24, 2.45) is 0 Å². The van der Waals surface area contributed by atoms with Gasteiger partial charge in [0, 0.05) is 11.6 Å². The van der Waals surface area contributed by atoms with Gasteiger partial charge in [0.2, 0.25) is 0 Å². The van der Waals surface area contributed by atoms with Crippen LogP contribution in [0.1, 0.15) is 26.1 Å². The number of nitrogens with zero attached hydrogens (tertiary/aromatic N) is 1. The minimum atomic E-state index is 0.485. The van der Waals surface area contributed by atoms with E-state index in [1.54, 1.807) is 6.07 Å². The average molecular weight is 298 g/mol. The predicted octanol–water partition coefficient (Wildman–Crippen LogP) is 4.27. The second-order valence-electron chi connectivity index (χ2n) is 4.56. The molecule has 0 amide bonds. The number of aromatic nitrogens is 2. The van der Waals surface area contributed by atoms with Gasteiger partial charge in [-0.3, -0.25) is 0 Å². The van der Waals surface area contributed by atoms with Crippen molar-refractivity contribution in [3.63, 3.8) is 0 Å². The van der Waals surface area contributed by atoms with Gasteiger partial charge in [-0.2, -0.15) is 0 Å². The maximum Gasteiger partial charge on any atom is 0.120 e. The van der Waals surface area contributed by atoms with E-state index in [4.69, 9.17) is 23.2 Å². The van der Waals surface area contributed by atoms with E-state index in [-0.39, 0.29) is 0 Å². The molecule has 0 aliphatic rings. The number of benzene rings is 1. The quantitative estimate of drug-likeness (QED) is 0.865. The van der Waals surface area contributed by atoms with Crippen molar-refractivity contribution in [2.75, 3.05) is 0 Å². The van der Waals surface area contributed by atoms with E-state index < -0.39 is 0 Å². The molecule has 0 bridgehead atoms. The first-order valence-corrected chi connectivity index (χ1v) is 7.08. The molecule has 0 saturated carbocycles. The second-order valence-corrected chi connectivity index (χ2v) is 5.38. The number of nitrogens with one attached hydrogen (secondary N) is 2. The van der Waals surface area contributed by atoms with Gasteiger partial charge in [-0.1, -0.05) is 36.2 Å². The molecule has 0 radical (unpaired) electrons. The van der Waals surface area contributed by atoms with Crippen LogP contribution in [0.25, 0.3) is 11.3 Å². The number of hydrogen-bond donors (Lipinski definition) is 2. The largest absolute Gasteiger partial charge is 0.341 e. The van der Waals surface area contributed by atoms with E-state index in [0.717, 1.165) is 30.0 Å². The molecule has 1 aromatic carbocycles. The van der Waals surface area contributed by atoms with Gasteiger partial charge in [-0.25, -0.2) is 4.98 Å². The number of H-pyrrole nitrogens is 1. The monoisotopic (exact) mass is 297 g/mol. The Bertz CT molecular complexity index is 551. The lowest BCUT2D eigenvalue weighted by molar-refractivity contribution is 0.525. The lowest BCUT2D eigenvalue weighted by Crippen LogP contribution is -2.24. The fraction of sp³-hybridized carbons (Fsp3) is 0.357. The van der Waals surface area contributed by atoms with Crippen LogP contribution in [0.4, 0.5) is 0 Å². The highest BCUT2D eigenvalue weighted by atomic mass is 35.5. The summed E-state index contributed by atoms with van der Waals surface area (Å²) in [7, 11) is 0. The Labute approximate surface area is 123 Å². The van der Waals surface area contributed by atoms with E-state index in [0.29, 0.717) is 16.1 Å². The van der Waals surface area contributed by atoms with Crippen molar-refractivity contribution in [3.05, 3.63) is 40.3 Å². The van der Waals surface area contributed by atoms with Gasteiger partial charge in [-0.15, -0.1) is 0 Å². The van der Waals surface area contributed by atoms with E-state index in [2.05, 4.69) is 29.1 Å². The smallest absolute Gasteiger partial charge is 0.120 e. The molecule has 2 rings (SSSR count). The van der Waals surface area contributed by atoms with Gasteiger partial charge >= 0.3 is 0 Å². The third-order valence-corrected chi connectivity index (χ3v) is 3.83. The van der Waals surface area contributed by atoms with Crippen molar-refractivity contribution in [2.45, 2.75) is 32.9 Å². The summed E-state index contributed by atoms with van der Waals surface area (Å²) >= 11 is 11.9. The van der Waals surface area contributed by atoms with Crippen LogP contribution in [0.2, 0.25) is 10.0 Å². The molecule has 0 aliphatic heterocycles. The SMILES string of the molecule is CCC(C)NCc1ncc(-c2ccc(Cl)c(Cl)c2)[nH]1. The van der Waals surface area contributed by atoms with Crippen molar-refractivity contribution >= 4 is 23.2 Å². The lowest BCUT2D eigenvalue weighted by Gasteiger charge is -2.08. The van der Waals surface area contributed by atoms with Crippen LogP contribution >= 0.6 is 23.2 Å². The number of hydrogen-bond acceptors (Lipinski definition) is 2. The Morgan fingerprint density at radius 2 is 2.11 bits per heavy atom. The molecule has 5 heteroatoms. The average Bonchev–Trinajstić information content (AvgIpc) is 2.88. The molecule has 2 N–H and O–H groups in total. The standard InChI is InChI=1S/C14H17Cl2N3/c1-3-9(2)17-8-14-18-7-13(19-14)10-4-5-11(15)12(16)6-10/h4-7,9,17H,3,8H2,1-2H3,(H,18,19). The van der Waals surface area contributed by atoms with Crippen LogP contribution in [-0.4, -0.2) is 16.0 Å². The summed E-state index contributed by atoms with van der Waals surface area (Å²) in [5.74, 6) is 0.918. The number of imidazole rings is 1. The Balaban J connectivity index is 2.09. The summed E-state index contributed by atoms with van der Waals surface area (Å²) < 4.78 is 0. The fourth-order valence-electron chi connectivity index (χ4n) is 1.68. The van der Waals surface area contributed by atoms with Crippen LogP contribution < -0.4 is 5.32 Å². The maximum atomic E-state index is 6.01. The Morgan fingerprint density at radius 3 is 2.79 bits per heavy atom. The van der Waals surface area contributed by atoms with Gasteiger partial charge in [0.1, 0.15) is 5.82 Å². The first kappa shape index (κ1) is 14.4. The van der Waals surface area contributed by atoms with Gasteiger partial charge in [0.15, 0.2) is 0 Å². The molecule has 102 valence electrons. The van der Waals surface area contributed by atoms with E-state index in [1.165, 1.54) is 0 Å². The topological polar surface area (TPSA) is 40.7 Å². The summed E-state index contributed by atoms with van der Waals surface area (Å²) in [6, 6.07) is 6.03. The van der Waals surface area contributed by atoms with Gasteiger partial charge in [-0.05, 0) is 25.5 Å². The third kappa shape index (κ3) is 3.72. The molecule has 2 aromatic rings. The second kappa shape index (κ2) is 6.42. The normalized spacial score (nSPS) is 12.6. The van der Waals surface area contributed by atoms with Crippen LogP contribution in [0.5, 0.6) is 0 Å². The Hall–Kier alpha value is -1.03.